The fourth-order valence-electron chi connectivity index (χ4n) is 2.56. The lowest BCUT2D eigenvalue weighted by Gasteiger charge is -2.20. The predicted octanol–water partition coefficient (Wildman–Crippen LogP) is 4.63. The fraction of sp³-hybridized carbons (Fsp3) is 0.389. The third-order valence-corrected chi connectivity index (χ3v) is 3.80. The summed E-state index contributed by atoms with van der Waals surface area (Å²) in [4.78, 5) is 14.1. The van der Waals surface area contributed by atoms with Crippen molar-refractivity contribution >= 4 is 22.4 Å². The molecule has 1 amide bonds. The van der Waals surface area contributed by atoms with Gasteiger partial charge in [-0.1, -0.05) is 57.0 Å². The van der Waals surface area contributed by atoms with E-state index in [9.17, 15) is 4.79 Å². The molecule has 2 nitrogen and oxygen atoms in total. The van der Waals surface area contributed by atoms with E-state index in [0.717, 1.165) is 18.5 Å². The number of hydrogen-bond acceptors (Lipinski definition) is 1. The highest BCUT2D eigenvalue weighted by atomic mass is 16.2. The second-order valence-corrected chi connectivity index (χ2v) is 5.58. The van der Waals surface area contributed by atoms with E-state index in [0.29, 0.717) is 12.3 Å². The molecule has 0 bridgehead atoms. The Morgan fingerprint density at radius 2 is 1.85 bits per heavy atom. The van der Waals surface area contributed by atoms with Crippen molar-refractivity contribution in [2.75, 3.05) is 11.9 Å². The molecule has 0 aliphatic carbocycles. The summed E-state index contributed by atoms with van der Waals surface area (Å²) in [5, 5.41) is 2.38. The van der Waals surface area contributed by atoms with Crippen LogP contribution in [0.4, 0.5) is 5.69 Å². The first-order chi connectivity index (χ1) is 9.61. The molecule has 0 aromatic heterocycles. The van der Waals surface area contributed by atoms with Gasteiger partial charge in [-0.25, -0.2) is 0 Å². The fourth-order valence-corrected chi connectivity index (χ4v) is 2.56. The van der Waals surface area contributed by atoms with E-state index in [2.05, 4.69) is 38.1 Å². The first-order valence-electron chi connectivity index (χ1n) is 7.37. The van der Waals surface area contributed by atoms with Gasteiger partial charge in [0, 0.05) is 19.2 Å². The third-order valence-electron chi connectivity index (χ3n) is 3.80. The molecule has 0 aliphatic heterocycles. The molecule has 0 spiro atoms. The Balaban J connectivity index is 2.14. The van der Waals surface area contributed by atoms with Gasteiger partial charge in [0.05, 0.1) is 0 Å². The number of carbonyl (C=O) groups excluding carboxylic acids is 1. The van der Waals surface area contributed by atoms with Crippen LogP contribution in [0.5, 0.6) is 0 Å². The molecule has 0 saturated heterocycles. The standard InChI is InChI=1S/C18H23NO/c1-4-7-14(2)12-18(20)19(3)17-11-10-15-8-5-6-9-16(15)13-17/h5-6,8-11,13-14H,4,7,12H2,1-3H3. The zero-order chi connectivity index (χ0) is 14.5. The number of hydrogen-bond donors (Lipinski definition) is 0. The smallest absolute Gasteiger partial charge is 0.226 e. The molecule has 1 unspecified atom stereocenters. The van der Waals surface area contributed by atoms with Crippen LogP contribution in [0.15, 0.2) is 42.5 Å². The molecule has 0 fully saturated rings. The maximum absolute atomic E-state index is 12.3. The van der Waals surface area contributed by atoms with Crippen molar-refractivity contribution in [1.29, 1.82) is 0 Å². The van der Waals surface area contributed by atoms with Crippen LogP contribution in [-0.4, -0.2) is 13.0 Å². The number of rotatable bonds is 5. The van der Waals surface area contributed by atoms with Gasteiger partial charge >= 0.3 is 0 Å². The minimum Gasteiger partial charge on any atom is -0.315 e. The molecule has 0 heterocycles. The molecular weight excluding hydrogens is 246 g/mol. The number of amides is 1. The molecule has 2 heteroatoms. The Hall–Kier alpha value is -1.83. The van der Waals surface area contributed by atoms with E-state index < -0.39 is 0 Å². The second kappa shape index (κ2) is 6.56. The molecule has 20 heavy (non-hydrogen) atoms. The highest BCUT2D eigenvalue weighted by Crippen LogP contribution is 2.22. The van der Waals surface area contributed by atoms with Crippen LogP contribution in [0.2, 0.25) is 0 Å². The zero-order valence-electron chi connectivity index (χ0n) is 12.6. The normalized spacial score (nSPS) is 12.3. The lowest BCUT2D eigenvalue weighted by Crippen LogP contribution is -2.27. The van der Waals surface area contributed by atoms with Crippen molar-refractivity contribution in [3.63, 3.8) is 0 Å². The number of anilines is 1. The summed E-state index contributed by atoms with van der Waals surface area (Å²) in [6.07, 6.45) is 2.86. The molecule has 1 atom stereocenters. The van der Waals surface area contributed by atoms with E-state index in [1.54, 1.807) is 4.90 Å². The molecule has 0 aliphatic rings. The summed E-state index contributed by atoms with van der Waals surface area (Å²) in [6.45, 7) is 4.31. The lowest BCUT2D eigenvalue weighted by molar-refractivity contribution is -0.119. The molecule has 106 valence electrons. The third kappa shape index (κ3) is 3.38. The minimum absolute atomic E-state index is 0.196. The SMILES string of the molecule is CCCC(C)CC(=O)N(C)c1ccc2ccccc2c1. The molecule has 2 aromatic rings. The van der Waals surface area contributed by atoms with Crippen molar-refractivity contribution < 1.29 is 4.79 Å². The first kappa shape index (κ1) is 14.6. The van der Waals surface area contributed by atoms with Crippen molar-refractivity contribution in [2.24, 2.45) is 5.92 Å². The Kier molecular flexibility index (Phi) is 4.78. The second-order valence-electron chi connectivity index (χ2n) is 5.58. The van der Waals surface area contributed by atoms with Gasteiger partial charge in [0.1, 0.15) is 0 Å². The van der Waals surface area contributed by atoms with Crippen LogP contribution in [0.25, 0.3) is 10.8 Å². The van der Waals surface area contributed by atoms with Gasteiger partial charge in [0.15, 0.2) is 0 Å². The maximum atomic E-state index is 12.3. The summed E-state index contributed by atoms with van der Waals surface area (Å²) >= 11 is 0. The largest absolute Gasteiger partial charge is 0.315 e. The first-order valence-corrected chi connectivity index (χ1v) is 7.37. The van der Waals surface area contributed by atoms with Crippen molar-refractivity contribution in [1.82, 2.24) is 0 Å². The van der Waals surface area contributed by atoms with Gasteiger partial charge in [0.25, 0.3) is 0 Å². The van der Waals surface area contributed by atoms with Crippen LogP contribution in [-0.2, 0) is 4.79 Å². The van der Waals surface area contributed by atoms with Crippen LogP contribution >= 0.6 is 0 Å². The molecule has 0 radical (unpaired) electrons. The van der Waals surface area contributed by atoms with Gasteiger partial charge in [-0.3, -0.25) is 4.79 Å². The Bertz CT molecular complexity index is 591. The molecule has 0 saturated carbocycles. The van der Waals surface area contributed by atoms with Gasteiger partial charge in [-0.05, 0) is 28.8 Å². The van der Waals surface area contributed by atoms with Crippen molar-refractivity contribution in [3.05, 3.63) is 42.5 Å². The highest BCUT2D eigenvalue weighted by Gasteiger charge is 2.14. The van der Waals surface area contributed by atoms with Gasteiger partial charge < -0.3 is 4.90 Å². The average Bonchev–Trinajstić information content (AvgIpc) is 2.46. The maximum Gasteiger partial charge on any atom is 0.226 e. The number of fused-ring (bicyclic) bond motifs is 1. The summed E-state index contributed by atoms with van der Waals surface area (Å²) < 4.78 is 0. The summed E-state index contributed by atoms with van der Waals surface area (Å²) in [7, 11) is 1.87. The summed E-state index contributed by atoms with van der Waals surface area (Å²) in [5.74, 6) is 0.650. The monoisotopic (exact) mass is 269 g/mol. The molecule has 2 rings (SSSR count). The molecule has 0 N–H and O–H groups in total. The van der Waals surface area contributed by atoms with Crippen LogP contribution in [0, 0.1) is 5.92 Å². The van der Waals surface area contributed by atoms with Crippen LogP contribution in [0.1, 0.15) is 33.1 Å². The summed E-state index contributed by atoms with van der Waals surface area (Å²) in [5.41, 5.74) is 0.970. The number of benzene rings is 2. The van der Waals surface area contributed by atoms with E-state index in [4.69, 9.17) is 0 Å². The minimum atomic E-state index is 0.196. The topological polar surface area (TPSA) is 20.3 Å². The van der Waals surface area contributed by atoms with E-state index in [1.807, 2.05) is 25.2 Å². The van der Waals surface area contributed by atoms with E-state index in [1.165, 1.54) is 10.8 Å². The quantitative estimate of drug-likeness (QED) is 0.775. The van der Waals surface area contributed by atoms with Gasteiger partial charge in [-0.15, -0.1) is 0 Å². The average molecular weight is 269 g/mol. The van der Waals surface area contributed by atoms with Gasteiger partial charge in [0.2, 0.25) is 5.91 Å². The summed E-state index contributed by atoms with van der Waals surface area (Å²) in [6, 6.07) is 14.4. The zero-order valence-corrected chi connectivity index (χ0v) is 12.6. The van der Waals surface area contributed by atoms with E-state index in [-0.39, 0.29) is 5.91 Å². The lowest BCUT2D eigenvalue weighted by atomic mass is 10.0. The molecular formula is C18H23NO. The van der Waals surface area contributed by atoms with Crippen molar-refractivity contribution in [3.8, 4) is 0 Å². The van der Waals surface area contributed by atoms with E-state index >= 15 is 0 Å². The number of nitrogens with zero attached hydrogens (tertiary/aromatic N) is 1. The van der Waals surface area contributed by atoms with Crippen molar-refractivity contribution in [2.45, 2.75) is 33.1 Å². The van der Waals surface area contributed by atoms with Gasteiger partial charge in [-0.2, -0.15) is 0 Å². The van der Waals surface area contributed by atoms with Crippen LogP contribution in [0.3, 0.4) is 0 Å². The van der Waals surface area contributed by atoms with Crippen LogP contribution < -0.4 is 4.90 Å². The Morgan fingerprint density at radius 3 is 2.55 bits per heavy atom. The Morgan fingerprint density at radius 1 is 1.15 bits per heavy atom. The molecule has 2 aromatic carbocycles. The number of carbonyl (C=O) groups is 1. The highest BCUT2D eigenvalue weighted by molar-refractivity contribution is 5.96. The Labute approximate surface area is 121 Å². The predicted molar refractivity (Wildman–Crippen MR) is 86.0 cm³/mol.